The zero-order chi connectivity index (χ0) is 27.7. The van der Waals surface area contributed by atoms with Crippen molar-refractivity contribution in [3.05, 3.63) is 138 Å². The van der Waals surface area contributed by atoms with Gasteiger partial charge in [-0.3, -0.25) is 0 Å². The van der Waals surface area contributed by atoms with E-state index < -0.39 is 0 Å². The van der Waals surface area contributed by atoms with Crippen LogP contribution in [0.25, 0.3) is 11.1 Å². The molecule has 2 aliphatic rings. The van der Waals surface area contributed by atoms with Crippen LogP contribution in [0, 0.1) is 0 Å². The topological polar surface area (TPSA) is 63.6 Å². The maximum Gasteiger partial charge on any atom is 0.165 e. The van der Waals surface area contributed by atoms with Crippen molar-refractivity contribution in [1.29, 1.82) is 0 Å². The van der Waals surface area contributed by atoms with Crippen LogP contribution in [0.5, 0.6) is 0 Å². The van der Waals surface area contributed by atoms with Crippen LogP contribution >= 0.6 is 0 Å². The van der Waals surface area contributed by atoms with Crippen LogP contribution < -0.4 is 0 Å². The van der Waals surface area contributed by atoms with Gasteiger partial charge in [0, 0.05) is 56.1 Å². The lowest BCUT2D eigenvalue weighted by Crippen LogP contribution is -2.32. The molecule has 0 unspecified atom stereocenters. The highest BCUT2D eigenvalue weighted by Gasteiger charge is 2.20. The molecule has 208 valence electrons. The zero-order valence-corrected chi connectivity index (χ0v) is 23.2. The average molecular weight is 546 g/mol. The van der Waals surface area contributed by atoms with E-state index in [1.807, 2.05) is 18.2 Å². The molecule has 1 aromatic heterocycles. The Bertz CT molecular complexity index is 1370. The second-order valence-corrected chi connectivity index (χ2v) is 10.2. The first-order chi connectivity index (χ1) is 20.3. The molecule has 41 heavy (non-hydrogen) atoms. The lowest BCUT2D eigenvalue weighted by Gasteiger charge is -2.27. The number of hydrogen-bond acceptors (Lipinski definition) is 7. The van der Waals surface area contributed by atoms with E-state index in [9.17, 15) is 0 Å². The SMILES string of the molecule is C(=C(\c1ccccc1)c1nc(Cc2ccccc2)nc(/C(=C/N2CCOCC2)c2ccccc2)n1)/N1CCOCC1. The Morgan fingerprint density at radius 2 is 0.976 bits per heavy atom. The quantitative estimate of drug-likeness (QED) is 0.312. The summed E-state index contributed by atoms with van der Waals surface area (Å²) in [5, 5.41) is 0. The minimum absolute atomic E-state index is 0.614. The van der Waals surface area contributed by atoms with E-state index in [1.165, 1.54) is 0 Å². The summed E-state index contributed by atoms with van der Waals surface area (Å²) in [6.45, 7) is 6.16. The second kappa shape index (κ2) is 13.4. The number of rotatable bonds is 8. The van der Waals surface area contributed by atoms with Crippen LogP contribution in [0.3, 0.4) is 0 Å². The van der Waals surface area contributed by atoms with Crippen LogP contribution in [0.1, 0.15) is 34.2 Å². The molecule has 0 amide bonds. The Morgan fingerprint density at radius 1 is 0.561 bits per heavy atom. The first kappa shape index (κ1) is 26.9. The minimum atomic E-state index is 0.614. The summed E-state index contributed by atoms with van der Waals surface area (Å²) in [7, 11) is 0. The Kier molecular flexibility index (Phi) is 8.75. The highest BCUT2D eigenvalue weighted by Crippen LogP contribution is 2.27. The molecule has 0 atom stereocenters. The van der Waals surface area contributed by atoms with Gasteiger partial charge in [-0.15, -0.1) is 0 Å². The minimum Gasteiger partial charge on any atom is -0.378 e. The molecule has 3 aromatic carbocycles. The lowest BCUT2D eigenvalue weighted by molar-refractivity contribution is 0.0596. The van der Waals surface area contributed by atoms with Crippen molar-refractivity contribution < 1.29 is 9.47 Å². The molecule has 2 aliphatic heterocycles. The number of benzene rings is 3. The van der Waals surface area contributed by atoms with Crippen molar-refractivity contribution in [1.82, 2.24) is 24.8 Å². The zero-order valence-electron chi connectivity index (χ0n) is 23.2. The Morgan fingerprint density at radius 3 is 1.41 bits per heavy atom. The van der Waals surface area contributed by atoms with E-state index in [0.717, 1.165) is 59.8 Å². The molecule has 0 N–H and O–H groups in total. The van der Waals surface area contributed by atoms with Crippen LogP contribution in [-0.4, -0.2) is 77.4 Å². The fraction of sp³-hybridized carbons (Fsp3) is 0.265. The second-order valence-electron chi connectivity index (χ2n) is 10.2. The van der Waals surface area contributed by atoms with E-state index in [4.69, 9.17) is 24.4 Å². The van der Waals surface area contributed by atoms with Crippen molar-refractivity contribution in [2.45, 2.75) is 6.42 Å². The molecule has 0 bridgehead atoms. The van der Waals surface area contributed by atoms with E-state index >= 15 is 0 Å². The monoisotopic (exact) mass is 545 g/mol. The van der Waals surface area contributed by atoms with E-state index in [0.29, 0.717) is 44.5 Å². The van der Waals surface area contributed by atoms with Crippen molar-refractivity contribution in [3.63, 3.8) is 0 Å². The molecule has 2 fully saturated rings. The largest absolute Gasteiger partial charge is 0.378 e. The van der Waals surface area contributed by atoms with E-state index in [-0.39, 0.29) is 0 Å². The highest BCUT2D eigenvalue weighted by molar-refractivity contribution is 5.79. The number of ether oxygens (including phenoxy) is 2. The summed E-state index contributed by atoms with van der Waals surface area (Å²) >= 11 is 0. The third-order valence-electron chi connectivity index (χ3n) is 7.25. The van der Waals surface area contributed by atoms with Crippen molar-refractivity contribution >= 4 is 11.1 Å². The summed E-state index contributed by atoms with van der Waals surface area (Å²) in [4.78, 5) is 20.0. The summed E-state index contributed by atoms with van der Waals surface area (Å²) in [6.07, 6.45) is 5.00. The molecule has 0 saturated carbocycles. The van der Waals surface area contributed by atoms with Crippen molar-refractivity contribution in [2.75, 3.05) is 52.6 Å². The van der Waals surface area contributed by atoms with Gasteiger partial charge in [-0.1, -0.05) is 91.0 Å². The maximum atomic E-state index is 5.62. The van der Waals surface area contributed by atoms with E-state index in [2.05, 4.69) is 95.0 Å². The van der Waals surface area contributed by atoms with Gasteiger partial charge in [0.25, 0.3) is 0 Å². The number of morpholine rings is 2. The molecule has 4 aromatic rings. The third kappa shape index (κ3) is 7.06. The molecule has 2 saturated heterocycles. The highest BCUT2D eigenvalue weighted by atomic mass is 16.5. The lowest BCUT2D eigenvalue weighted by atomic mass is 10.0. The molecule has 3 heterocycles. The van der Waals surface area contributed by atoms with Crippen LogP contribution in [0.4, 0.5) is 0 Å². The normalized spacial score (nSPS) is 16.6. The number of hydrogen-bond donors (Lipinski definition) is 0. The first-order valence-electron chi connectivity index (χ1n) is 14.3. The summed E-state index contributed by atoms with van der Waals surface area (Å²) in [5.74, 6) is 2.08. The van der Waals surface area contributed by atoms with Gasteiger partial charge in [0.15, 0.2) is 11.6 Å². The summed E-state index contributed by atoms with van der Waals surface area (Å²) in [5.41, 5.74) is 5.25. The van der Waals surface area contributed by atoms with Crippen molar-refractivity contribution in [3.8, 4) is 0 Å². The molecule has 0 radical (unpaired) electrons. The fourth-order valence-corrected chi connectivity index (χ4v) is 5.05. The van der Waals surface area contributed by atoms with Crippen LogP contribution in [0.15, 0.2) is 103 Å². The van der Waals surface area contributed by atoms with E-state index in [1.54, 1.807) is 0 Å². The third-order valence-corrected chi connectivity index (χ3v) is 7.25. The number of nitrogens with zero attached hydrogens (tertiary/aromatic N) is 5. The Balaban J connectivity index is 1.51. The standard InChI is InChI=1S/C34H35N5O2/c1-4-10-27(11-5-1)24-32-35-33(30(28-12-6-2-7-13-28)25-38-16-20-40-21-17-38)37-34(36-32)31(29-14-8-3-9-15-29)26-39-18-22-41-23-19-39/h1-15,25-26H,16-24H2/b30-25-,31-26+. The van der Waals surface area contributed by atoms with Gasteiger partial charge in [0.2, 0.25) is 0 Å². The first-order valence-corrected chi connectivity index (χ1v) is 14.3. The number of aromatic nitrogens is 3. The molecular formula is C34H35N5O2. The predicted octanol–water partition coefficient (Wildman–Crippen LogP) is 4.91. The molecule has 0 aliphatic carbocycles. The maximum absolute atomic E-state index is 5.62. The van der Waals surface area contributed by atoms with Gasteiger partial charge < -0.3 is 19.3 Å². The Hall–Kier alpha value is -4.33. The van der Waals surface area contributed by atoms with Crippen molar-refractivity contribution in [2.24, 2.45) is 0 Å². The van der Waals surface area contributed by atoms with Gasteiger partial charge in [-0.2, -0.15) is 0 Å². The summed E-state index contributed by atoms with van der Waals surface area (Å²) < 4.78 is 11.2. The van der Waals surface area contributed by atoms with Gasteiger partial charge in [-0.25, -0.2) is 15.0 Å². The van der Waals surface area contributed by atoms with Crippen LogP contribution in [-0.2, 0) is 15.9 Å². The van der Waals surface area contributed by atoms with Gasteiger partial charge >= 0.3 is 0 Å². The summed E-state index contributed by atoms with van der Waals surface area (Å²) in [6, 6.07) is 31.2. The smallest absolute Gasteiger partial charge is 0.165 e. The predicted molar refractivity (Wildman–Crippen MR) is 161 cm³/mol. The molecular weight excluding hydrogens is 510 g/mol. The van der Waals surface area contributed by atoms with Gasteiger partial charge in [-0.05, 0) is 16.7 Å². The van der Waals surface area contributed by atoms with Gasteiger partial charge in [0.1, 0.15) is 5.82 Å². The molecule has 7 heteroatoms. The van der Waals surface area contributed by atoms with Crippen LogP contribution in [0.2, 0.25) is 0 Å². The average Bonchev–Trinajstić information content (AvgIpc) is 3.04. The Labute approximate surface area is 241 Å². The molecule has 6 rings (SSSR count). The molecule has 7 nitrogen and oxygen atoms in total. The van der Waals surface area contributed by atoms with Gasteiger partial charge in [0.05, 0.1) is 26.4 Å². The fourth-order valence-electron chi connectivity index (χ4n) is 5.05. The molecule has 0 spiro atoms.